The van der Waals surface area contributed by atoms with Crippen molar-refractivity contribution in [1.82, 2.24) is 9.13 Å². The molecule has 11 aromatic rings. The van der Waals surface area contributed by atoms with E-state index in [0.29, 0.717) is 16.9 Å². The second-order valence-electron chi connectivity index (χ2n) is 13.5. The minimum Gasteiger partial charge on any atom is -0.318 e. The van der Waals surface area contributed by atoms with E-state index in [9.17, 15) is 5.26 Å². The maximum Gasteiger partial charge on any atom is 0.214 e. The first kappa shape index (κ1) is 28.4. The minimum atomic E-state index is 0.422. The summed E-state index contributed by atoms with van der Waals surface area (Å²) in [5.74, 6) is 0. The topological polar surface area (TPSA) is 38.0 Å². The largest absolute Gasteiger partial charge is 0.318 e. The van der Waals surface area contributed by atoms with Crippen LogP contribution in [0, 0.1) is 17.9 Å². The van der Waals surface area contributed by atoms with Gasteiger partial charge in [0, 0.05) is 27.2 Å². The van der Waals surface area contributed by atoms with E-state index >= 15 is 0 Å². The van der Waals surface area contributed by atoms with Gasteiger partial charge >= 0.3 is 0 Å². The molecule has 0 unspecified atom stereocenters. The SMILES string of the molecule is [C-]#[N+]c1cc(-n2c3ccc4ccccc4c3c3c4ccccc4ccc32)cc(C#N)c1-n1c2ccc3ccccc3c2c2c3ccccc3ccc21. The van der Waals surface area contributed by atoms with Crippen molar-refractivity contribution in [3.05, 3.63) is 175 Å². The van der Waals surface area contributed by atoms with E-state index in [1.165, 1.54) is 21.5 Å². The van der Waals surface area contributed by atoms with E-state index in [1.54, 1.807) is 0 Å². The Labute approximate surface area is 298 Å². The smallest absolute Gasteiger partial charge is 0.214 e. The standard InChI is InChI=1S/C48H26N4/c1-50-39-27-34(51-40-22-18-29-10-2-6-14-35(29)44(40)45-36-15-7-3-11-30(36)19-23-41(45)51)26-33(28-49)48(39)52-42-24-20-31-12-4-8-16-37(31)46(42)47-38-17-9-5-13-32(38)21-25-43(47)52/h2-27H. The van der Waals surface area contributed by atoms with E-state index in [-0.39, 0.29) is 0 Å². The van der Waals surface area contributed by atoms with Crippen molar-refractivity contribution in [3.8, 4) is 17.4 Å². The second kappa shape index (κ2) is 10.6. The maximum absolute atomic E-state index is 11.0. The van der Waals surface area contributed by atoms with Crippen molar-refractivity contribution in [2.45, 2.75) is 0 Å². The lowest BCUT2D eigenvalue weighted by Crippen LogP contribution is -2.02. The molecule has 0 spiro atoms. The molecule has 238 valence electrons. The fraction of sp³-hybridized carbons (Fsp3) is 0. The molecule has 0 bridgehead atoms. The fourth-order valence-corrected chi connectivity index (χ4v) is 8.75. The van der Waals surface area contributed by atoms with Gasteiger partial charge in [0.15, 0.2) is 0 Å². The van der Waals surface area contributed by atoms with Gasteiger partial charge in [-0.05, 0) is 79.5 Å². The normalized spacial score (nSPS) is 11.8. The number of benzene rings is 9. The quantitative estimate of drug-likeness (QED) is 0.170. The van der Waals surface area contributed by atoms with Gasteiger partial charge in [0.1, 0.15) is 6.07 Å². The van der Waals surface area contributed by atoms with Crippen LogP contribution < -0.4 is 0 Å². The number of rotatable bonds is 2. The van der Waals surface area contributed by atoms with Crippen molar-refractivity contribution >= 4 is 92.4 Å². The van der Waals surface area contributed by atoms with Crippen LogP contribution in [0.4, 0.5) is 5.69 Å². The van der Waals surface area contributed by atoms with E-state index < -0.39 is 0 Å². The Morgan fingerprint density at radius 2 is 0.808 bits per heavy atom. The Hall–Kier alpha value is -7.40. The van der Waals surface area contributed by atoms with Crippen molar-refractivity contribution in [1.29, 1.82) is 5.26 Å². The Morgan fingerprint density at radius 3 is 1.17 bits per heavy atom. The number of fused-ring (bicyclic) bond motifs is 14. The molecule has 0 saturated heterocycles. The molecule has 0 aliphatic carbocycles. The van der Waals surface area contributed by atoms with Crippen LogP contribution in [0.15, 0.2) is 158 Å². The molecule has 0 radical (unpaired) electrons. The first-order valence-corrected chi connectivity index (χ1v) is 17.4. The van der Waals surface area contributed by atoms with Gasteiger partial charge in [-0.25, -0.2) is 4.85 Å². The second-order valence-corrected chi connectivity index (χ2v) is 13.5. The zero-order chi connectivity index (χ0) is 34.5. The molecule has 0 atom stereocenters. The highest BCUT2D eigenvalue weighted by molar-refractivity contribution is 6.30. The average Bonchev–Trinajstić information content (AvgIpc) is 3.74. The van der Waals surface area contributed by atoms with Gasteiger partial charge in [-0.2, -0.15) is 5.26 Å². The third kappa shape index (κ3) is 3.73. The molecule has 0 saturated carbocycles. The highest BCUT2D eigenvalue weighted by Crippen LogP contribution is 2.45. The maximum atomic E-state index is 11.0. The summed E-state index contributed by atoms with van der Waals surface area (Å²) in [6, 6.07) is 57.6. The summed E-state index contributed by atoms with van der Waals surface area (Å²) in [6.45, 7) is 8.59. The highest BCUT2D eigenvalue weighted by atomic mass is 15.0. The molecule has 0 amide bonds. The van der Waals surface area contributed by atoms with Gasteiger partial charge in [-0.15, -0.1) is 0 Å². The first-order valence-electron chi connectivity index (χ1n) is 17.4. The van der Waals surface area contributed by atoms with Crippen LogP contribution in [0.3, 0.4) is 0 Å². The van der Waals surface area contributed by atoms with E-state index in [2.05, 4.69) is 166 Å². The van der Waals surface area contributed by atoms with Gasteiger partial charge in [-0.3, -0.25) is 0 Å². The third-order valence-electron chi connectivity index (χ3n) is 10.9. The number of hydrogen-bond acceptors (Lipinski definition) is 1. The summed E-state index contributed by atoms with van der Waals surface area (Å²) in [6.07, 6.45) is 0. The monoisotopic (exact) mass is 658 g/mol. The van der Waals surface area contributed by atoms with E-state index in [1.807, 2.05) is 12.1 Å². The lowest BCUT2D eigenvalue weighted by molar-refractivity contribution is 1.14. The zero-order valence-electron chi connectivity index (χ0n) is 27.8. The van der Waals surface area contributed by atoms with Crippen molar-refractivity contribution in [3.63, 3.8) is 0 Å². The van der Waals surface area contributed by atoms with Crippen LogP contribution in [-0.4, -0.2) is 9.13 Å². The Balaban J connectivity index is 1.28. The molecule has 52 heavy (non-hydrogen) atoms. The average molecular weight is 659 g/mol. The number of nitrogens with zero attached hydrogens (tertiary/aromatic N) is 4. The summed E-state index contributed by atoms with van der Waals surface area (Å²) >= 11 is 0. The molecule has 2 aromatic heterocycles. The molecule has 0 N–H and O–H groups in total. The van der Waals surface area contributed by atoms with Gasteiger partial charge in [0.05, 0.1) is 39.9 Å². The highest BCUT2D eigenvalue weighted by Gasteiger charge is 2.24. The summed E-state index contributed by atoms with van der Waals surface area (Å²) < 4.78 is 4.38. The van der Waals surface area contributed by atoms with Gasteiger partial charge in [-0.1, -0.05) is 121 Å². The predicted molar refractivity (Wildman–Crippen MR) is 216 cm³/mol. The molecule has 0 fully saturated rings. The lowest BCUT2D eigenvalue weighted by Gasteiger charge is -2.16. The summed E-state index contributed by atoms with van der Waals surface area (Å²) in [4.78, 5) is 4.17. The van der Waals surface area contributed by atoms with Crippen LogP contribution >= 0.6 is 0 Å². The zero-order valence-corrected chi connectivity index (χ0v) is 27.8. The third-order valence-corrected chi connectivity index (χ3v) is 10.9. The summed E-state index contributed by atoms with van der Waals surface area (Å²) in [5, 5.41) is 24.8. The summed E-state index contributed by atoms with van der Waals surface area (Å²) in [7, 11) is 0. The van der Waals surface area contributed by atoms with E-state index in [0.717, 1.165) is 70.8 Å². The van der Waals surface area contributed by atoms with Gasteiger partial charge < -0.3 is 9.13 Å². The number of nitriles is 1. The molecule has 4 heteroatoms. The van der Waals surface area contributed by atoms with E-state index in [4.69, 9.17) is 6.57 Å². The van der Waals surface area contributed by atoms with Crippen LogP contribution in [0.25, 0.3) is 103 Å². The van der Waals surface area contributed by atoms with Crippen LogP contribution in [0.2, 0.25) is 0 Å². The Bertz CT molecular complexity index is 3220. The lowest BCUT2D eigenvalue weighted by atomic mass is 10.00. The Morgan fingerprint density at radius 1 is 0.442 bits per heavy atom. The Kier molecular flexibility index (Phi) is 5.77. The van der Waals surface area contributed by atoms with Crippen LogP contribution in [0.5, 0.6) is 0 Å². The van der Waals surface area contributed by atoms with Gasteiger partial charge in [0.25, 0.3) is 0 Å². The number of hydrogen-bond donors (Lipinski definition) is 0. The molecular weight excluding hydrogens is 633 g/mol. The molecular formula is C48H26N4. The predicted octanol–water partition coefficient (Wildman–Crippen LogP) is 12.9. The first-order chi connectivity index (χ1) is 25.7. The molecule has 2 heterocycles. The van der Waals surface area contributed by atoms with Crippen molar-refractivity contribution < 1.29 is 0 Å². The van der Waals surface area contributed by atoms with Crippen LogP contribution in [0.1, 0.15) is 5.56 Å². The summed E-state index contributed by atoms with van der Waals surface area (Å²) in [5.41, 5.74) is 6.26. The minimum absolute atomic E-state index is 0.422. The van der Waals surface area contributed by atoms with Crippen LogP contribution in [-0.2, 0) is 0 Å². The van der Waals surface area contributed by atoms with Crippen molar-refractivity contribution in [2.75, 3.05) is 0 Å². The fourth-order valence-electron chi connectivity index (χ4n) is 8.75. The van der Waals surface area contributed by atoms with Crippen molar-refractivity contribution in [2.24, 2.45) is 0 Å². The molecule has 0 aliphatic rings. The number of aromatic nitrogens is 2. The molecule has 9 aromatic carbocycles. The van der Waals surface area contributed by atoms with Gasteiger partial charge in [0.2, 0.25) is 5.69 Å². The molecule has 11 rings (SSSR count). The molecule has 4 nitrogen and oxygen atoms in total. The molecule has 0 aliphatic heterocycles.